The van der Waals surface area contributed by atoms with Crippen molar-refractivity contribution in [1.82, 2.24) is 0 Å². The number of hydrogen-bond donors (Lipinski definition) is 2. The van der Waals surface area contributed by atoms with Crippen molar-refractivity contribution in [3.05, 3.63) is 48.0 Å². The zero-order valence-electron chi connectivity index (χ0n) is 14.6. The van der Waals surface area contributed by atoms with Crippen LogP contribution in [0.4, 0.5) is 14.5 Å². The van der Waals surface area contributed by atoms with Crippen molar-refractivity contribution in [2.75, 3.05) is 17.7 Å². The third-order valence-electron chi connectivity index (χ3n) is 3.50. The third kappa shape index (κ3) is 5.35. The van der Waals surface area contributed by atoms with Crippen LogP contribution in [-0.2, 0) is 14.3 Å². The fourth-order valence-electron chi connectivity index (χ4n) is 2.34. The normalized spacial score (nSPS) is 13.6. The molecule has 1 aliphatic heterocycles. The van der Waals surface area contributed by atoms with Crippen LogP contribution in [0.2, 0.25) is 0 Å². The van der Waals surface area contributed by atoms with Crippen molar-refractivity contribution in [1.29, 1.82) is 0 Å². The van der Waals surface area contributed by atoms with Gasteiger partial charge in [-0.1, -0.05) is 12.1 Å². The van der Waals surface area contributed by atoms with Crippen LogP contribution in [0.15, 0.2) is 47.4 Å². The Kier molecular flexibility index (Phi) is 5.87. The van der Waals surface area contributed by atoms with Gasteiger partial charge in [0.25, 0.3) is 5.91 Å². The second-order valence-electron chi connectivity index (χ2n) is 5.70. The summed E-state index contributed by atoms with van der Waals surface area (Å²) in [4.78, 5) is 35.6. The average molecular weight is 424 g/mol. The highest BCUT2D eigenvalue weighted by atomic mass is 32.2. The number of rotatable bonds is 7. The molecule has 1 heterocycles. The number of benzene rings is 2. The second-order valence-corrected chi connectivity index (χ2v) is 6.72. The summed E-state index contributed by atoms with van der Waals surface area (Å²) < 4.78 is 39.6. The van der Waals surface area contributed by atoms with Crippen molar-refractivity contribution < 1.29 is 37.4 Å². The molecule has 1 aliphatic rings. The number of amides is 2. The fourth-order valence-corrected chi connectivity index (χ4v) is 3.12. The molecule has 0 atom stereocenters. The first-order chi connectivity index (χ1) is 13.7. The Morgan fingerprint density at radius 3 is 2.59 bits per heavy atom. The molecule has 0 saturated carbocycles. The summed E-state index contributed by atoms with van der Waals surface area (Å²) in [6.07, 6.45) is -3.76. The van der Waals surface area contributed by atoms with Crippen LogP contribution in [0.5, 0.6) is 11.5 Å². The number of thioether (sulfide) groups is 1. The molecule has 2 amide bonds. The molecule has 8 nitrogen and oxygen atoms in total. The van der Waals surface area contributed by atoms with E-state index in [1.54, 1.807) is 18.2 Å². The first-order valence-corrected chi connectivity index (χ1v) is 9.09. The molecule has 0 radical (unpaired) electrons. The zero-order chi connectivity index (χ0) is 21.0. The number of carbonyl (C=O) groups is 3. The number of nitrogens with one attached hydrogen (secondary N) is 1. The zero-order valence-corrected chi connectivity index (χ0v) is 15.5. The highest BCUT2D eigenvalue weighted by Gasteiger charge is 2.43. The number of halogens is 2. The Bertz CT molecular complexity index is 969. The molecule has 0 unspecified atom stereocenters. The van der Waals surface area contributed by atoms with E-state index < -0.39 is 30.7 Å². The number of esters is 1. The Morgan fingerprint density at radius 2 is 1.83 bits per heavy atom. The lowest BCUT2D eigenvalue weighted by Gasteiger charge is -2.09. The maximum absolute atomic E-state index is 13.0. The smallest absolute Gasteiger partial charge is 0.452 e. The first-order valence-electron chi connectivity index (χ1n) is 8.10. The average Bonchev–Trinajstić information content (AvgIpc) is 2.97. The number of hydrogen-bond acceptors (Lipinski definition) is 7. The van der Waals surface area contributed by atoms with E-state index in [0.717, 1.165) is 17.8 Å². The van der Waals surface area contributed by atoms with Crippen LogP contribution < -0.4 is 20.5 Å². The predicted octanol–water partition coefficient (Wildman–Crippen LogP) is 2.38. The number of ether oxygens (including phenoxy) is 3. The molecule has 0 fully saturated rings. The Morgan fingerprint density at radius 1 is 1.10 bits per heavy atom. The van der Waals surface area contributed by atoms with Crippen LogP contribution in [0.1, 0.15) is 10.4 Å². The quantitative estimate of drug-likeness (QED) is 0.518. The monoisotopic (exact) mass is 424 g/mol. The van der Waals surface area contributed by atoms with Crippen molar-refractivity contribution in [2.24, 2.45) is 5.73 Å². The summed E-state index contributed by atoms with van der Waals surface area (Å²) in [6.45, 7) is -0.613. The van der Waals surface area contributed by atoms with Gasteiger partial charge in [0.05, 0.1) is 11.3 Å². The summed E-state index contributed by atoms with van der Waals surface area (Å²) in [6, 6.07) is 10.1. The van der Waals surface area contributed by atoms with E-state index in [1.165, 1.54) is 18.2 Å². The van der Waals surface area contributed by atoms with Crippen molar-refractivity contribution in [3.63, 3.8) is 0 Å². The molecule has 3 rings (SSSR count). The van der Waals surface area contributed by atoms with Gasteiger partial charge in [-0.2, -0.15) is 0 Å². The molecule has 3 N–H and O–H groups in total. The lowest BCUT2D eigenvalue weighted by Crippen LogP contribution is -2.25. The third-order valence-corrected chi connectivity index (χ3v) is 4.59. The van der Waals surface area contributed by atoms with E-state index in [-0.39, 0.29) is 28.5 Å². The number of alkyl halides is 2. The minimum absolute atomic E-state index is 0.0199. The van der Waals surface area contributed by atoms with Crippen LogP contribution in [0, 0.1) is 0 Å². The van der Waals surface area contributed by atoms with Crippen LogP contribution in [0.3, 0.4) is 0 Å². The van der Waals surface area contributed by atoms with E-state index in [4.69, 9.17) is 10.5 Å². The van der Waals surface area contributed by atoms with E-state index >= 15 is 0 Å². The summed E-state index contributed by atoms with van der Waals surface area (Å²) in [7, 11) is 0. The van der Waals surface area contributed by atoms with Crippen LogP contribution >= 0.6 is 11.8 Å². The molecule has 0 spiro atoms. The van der Waals surface area contributed by atoms with Gasteiger partial charge in [-0.05, 0) is 24.3 Å². The minimum Gasteiger partial charge on any atom is -0.452 e. The molecule has 2 aromatic carbocycles. The lowest BCUT2D eigenvalue weighted by molar-refractivity contribution is -0.286. The summed E-state index contributed by atoms with van der Waals surface area (Å²) >= 11 is 1.07. The second kappa shape index (κ2) is 8.35. The van der Waals surface area contributed by atoms with Gasteiger partial charge in [-0.25, -0.2) is 4.79 Å². The van der Waals surface area contributed by atoms with Gasteiger partial charge in [0.2, 0.25) is 5.91 Å². The molecule has 0 saturated heterocycles. The summed E-state index contributed by atoms with van der Waals surface area (Å²) in [5, 5.41) is 2.40. The van der Waals surface area contributed by atoms with Gasteiger partial charge in [0.15, 0.2) is 18.1 Å². The molecule has 0 aromatic heterocycles. The lowest BCUT2D eigenvalue weighted by atomic mass is 10.2. The number of carbonyl (C=O) groups excluding carboxylic acids is 3. The van der Waals surface area contributed by atoms with E-state index in [0.29, 0.717) is 4.90 Å². The van der Waals surface area contributed by atoms with Gasteiger partial charge < -0.3 is 25.3 Å². The van der Waals surface area contributed by atoms with E-state index in [9.17, 15) is 23.2 Å². The topological polar surface area (TPSA) is 117 Å². The van der Waals surface area contributed by atoms with Gasteiger partial charge in [-0.3, -0.25) is 9.59 Å². The first kappa shape index (κ1) is 20.4. The van der Waals surface area contributed by atoms with Gasteiger partial charge >= 0.3 is 12.3 Å². The molecule has 29 heavy (non-hydrogen) atoms. The van der Waals surface area contributed by atoms with Gasteiger partial charge in [0, 0.05) is 16.6 Å². The SMILES string of the molecule is NC(=O)CSc1ccccc1C(=O)OCC(=O)Nc1ccc2c(c1)OC(F)(F)O2. The number of nitrogens with two attached hydrogens (primary N) is 1. The molecule has 11 heteroatoms. The highest BCUT2D eigenvalue weighted by Crippen LogP contribution is 2.42. The van der Waals surface area contributed by atoms with Gasteiger partial charge in [-0.15, -0.1) is 20.5 Å². The number of fused-ring (bicyclic) bond motifs is 1. The molecule has 152 valence electrons. The molecular weight excluding hydrogens is 410 g/mol. The van der Waals surface area contributed by atoms with Crippen molar-refractivity contribution in [2.45, 2.75) is 11.2 Å². The Labute approximate surface area is 167 Å². The number of primary amides is 1. The summed E-state index contributed by atoms with van der Waals surface area (Å²) in [5.41, 5.74) is 5.43. The highest BCUT2D eigenvalue weighted by molar-refractivity contribution is 8.00. The minimum atomic E-state index is -3.76. The van der Waals surface area contributed by atoms with Crippen molar-refractivity contribution >= 4 is 35.2 Å². The van der Waals surface area contributed by atoms with Crippen LogP contribution in [0.25, 0.3) is 0 Å². The molecule has 2 aromatic rings. The Hall–Kier alpha value is -3.34. The standard InChI is InChI=1S/C18H14F2N2O6S/c19-18(20)27-12-6-5-10(7-13(12)28-18)22-16(24)8-26-17(25)11-3-1-2-4-14(11)29-9-15(21)23/h1-7H,8-9H2,(H2,21,23)(H,22,24). The maximum atomic E-state index is 13.0. The largest absolute Gasteiger partial charge is 0.586 e. The molecule has 0 bridgehead atoms. The van der Waals surface area contributed by atoms with E-state index in [2.05, 4.69) is 14.8 Å². The van der Waals surface area contributed by atoms with Gasteiger partial charge in [0.1, 0.15) is 0 Å². The molecule has 0 aliphatic carbocycles. The number of anilines is 1. The summed E-state index contributed by atoms with van der Waals surface area (Å²) in [5.74, 6) is -2.41. The fraction of sp³-hybridized carbons (Fsp3) is 0.167. The molecular formula is C18H14F2N2O6S. The van der Waals surface area contributed by atoms with Crippen molar-refractivity contribution in [3.8, 4) is 11.5 Å². The Balaban J connectivity index is 1.57. The van der Waals surface area contributed by atoms with Crippen LogP contribution in [-0.4, -0.2) is 36.4 Å². The predicted molar refractivity (Wildman–Crippen MR) is 97.9 cm³/mol. The van der Waals surface area contributed by atoms with E-state index in [1.807, 2.05) is 0 Å². The maximum Gasteiger partial charge on any atom is 0.586 e.